The van der Waals surface area contributed by atoms with Crippen molar-refractivity contribution in [2.45, 2.75) is 43.1 Å². The fourth-order valence-electron chi connectivity index (χ4n) is 3.11. The number of nitrogens with two attached hydrogens (primary N) is 1. The van der Waals surface area contributed by atoms with E-state index in [-0.39, 0.29) is 6.54 Å². The summed E-state index contributed by atoms with van der Waals surface area (Å²) in [4.78, 5) is 12.1. The van der Waals surface area contributed by atoms with Gasteiger partial charge >= 0.3 is 6.09 Å². The fourth-order valence-corrected chi connectivity index (χ4v) is 4.99. The Morgan fingerprint density at radius 3 is 2.29 bits per heavy atom. The van der Waals surface area contributed by atoms with Gasteiger partial charge in [0.25, 0.3) is 0 Å². The molecule has 0 heterocycles. The molecule has 0 bridgehead atoms. The van der Waals surface area contributed by atoms with Crippen molar-refractivity contribution in [3.05, 3.63) is 35.6 Å². The number of benzene rings is 1. The van der Waals surface area contributed by atoms with Crippen LogP contribution < -0.4 is 11.1 Å². The van der Waals surface area contributed by atoms with Gasteiger partial charge in [-0.25, -0.2) is 17.6 Å². The quantitative estimate of drug-likeness (QED) is 0.851. The van der Waals surface area contributed by atoms with Crippen LogP contribution in [-0.2, 0) is 14.6 Å². The number of sulfone groups is 1. The van der Waals surface area contributed by atoms with Gasteiger partial charge in [-0.2, -0.15) is 0 Å². The lowest BCUT2D eigenvalue weighted by atomic mass is 10.1. The van der Waals surface area contributed by atoms with Gasteiger partial charge < -0.3 is 15.8 Å². The molecule has 1 saturated carbocycles. The predicted octanol–water partition coefficient (Wildman–Crippen LogP) is 1.56. The summed E-state index contributed by atoms with van der Waals surface area (Å²) in [5, 5.41) is 1.75. The SMILES string of the molecule is CC(C)(C)OC(=O)N[C@@]1(CN)[C@H](c2ccc(F)cc2)[C@@H]1S(C)(=O)=O. The maximum atomic E-state index is 13.1. The first-order valence-corrected chi connectivity index (χ1v) is 9.52. The van der Waals surface area contributed by atoms with Gasteiger partial charge in [0.1, 0.15) is 11.4 Å². The van der Waals surface area contributed by atoms with E-state index >= 15 is 0 Å². The van der Waals surface area contributed by atoms with Gasteiger partial charge in [0, 0.05) is 18.7 Å². The molecule has 0 aromatic heterocycles. The number of carbonyl (C=O) groups is 1. The van der Waals surface area contributed by atoms with Crippen molar-refractivity contribution in [1.82, 2.24) is 5.32 Å². The Labute approximate surface area is 141 Å². The van der Waals surface area contributed by atoms with E-state index in [1.165, 1.54) is 24.3 Å². The Bertz CT molecular complexity index is 727. The zero-order valence-corrected chi connectivity index (χ0v) is 15.0. The second-order valence-electron chi connectivity index (χ2n) is 7.15. The summed E-state index contributed by atoms with van der Waals surface area (Å²) in [7, 11) is -3.49. The second-order valence-corrected chi connectivity index (χ2v) is 9.32. The lowest BCUT2D eigenvalue weighted by molar-refractivity contribution is 0.0497. The molecule has 1 aliphatic rings. The van der Waals surface area contributed by atoms with Crippen LogP contribution in [0.2, 0.25) is 0 Å². The molecule has 24 heavy (non-hydrogen) atoms. The molecule has 6 nitrogen and oxygen atoms in total. The number of hydrogen-bond donors (Lipinski definition) is 2. The van der Waals surface area contributed by atoms with Crippen molar-refractivity contribution in [3.63, 3.8) is 0 Å². The Kier molecular flexibility index (Phi) is 4.67. The van der Waals surface area contributed by atoms with Crippen LogP contribution in [0.3, 0.4) is 0 Å². The fraction of sp³-hybridized carbons (Fsp3) is 0.562. The Morgan fingerprint density at radius 1 is 1.33 bits per heavy atom. The Balaban J connectivity index is 2.34. The smallest absolute Gasteiger partial charge is 0.408 e. The monoisotopic (exact) mass is 358 g/mol. The lowest BCUT2D eigenvalue weighted by Gasteiger charge is -2.24. The molecule has 1 aromatic carbocycles. The van der Waals surface area contributed by atoms with Crippen LogP contribution in [0.5, 0.6) is 0 Å². The van der Waals surface area contributed by atoms with Gasteiger partial charge in [-0.3, -0.25) is 0 Å². The minimum absolute atomic E-state index is 0.0774. The number of carbonyl (C=O) groups excluding carboxylic acids is 1. The number of alkyl carbamates (subject to hydrolysis) is 1. The van der Waals surface area contributed by atoms with E-state index in [0.29, 0.717) is 5.56 Å². The van der Waals surface area contributed by atoms with Crippen molar-refractivity contribution < 1.29 is 22.3 Å². The molecule has 1 amide bonds. The van der Waals surface area contributed by atoms with E-state index in [0.717, 1.165) is 6.26 Å². The van der Waals surface area contributed by atoms with E-state index < -0.39 is 44.1 Å². The topological polar surface area (TPSA) is 98.5 Å². The molecular weight excluding hydrogens is 335 g/mol. The van der Waals surface area contributed by atoms with Gasteiger partial charge in [0.2, 0.25) is 0 Å². The largest absolute Gasteiger partial charge is 0.444 e. The number of nitrogens with one attached hydrogen (secondary N) is 1. The van der Waals surface area contributed by atoms with Crippen LogP contribution in [0.15, 0.2) is 24.3 Å². The molecule has 2 rings (SSSR count). The van der Waals surface area contributed by atoms with E-state index in [1.807, 2.05) is 0 Å². The highest BCUT2D eigenvalue weighted by atomic mass is 32.2. The van der Waals surface area contributed by atoms with Gasteiger partial charge in [-0.05, 0) is 38.5 Å². The first kappa shape index (κ1) is 18.7. The second kappa shape index (κ2) is 6.00. The minimum Gasteiger partial charge on any atom is -0.444 e. The summed E-state index contributed by atoms with van der Waals surface area (Å²) in [6.45, 7) is 5.05. The molecule has 1 aliphatic carbocycles. The molecule has 0 spiro atoms. The molecule has 0 saturated heterocycles. The zero-order chi connectivity index (χ0) is 18.3. The van der Waals surface area contributed by atoms with E-state index in [1.54, 1.807) is 20.8 Å². The number of ether oxygens (including phenoxy) is 1. The van der Waals surface area contributed by atoms with E-state index in [9.17, 15) is 17.6 Å². The summed E-state index contributed by atoms with van der Waals surface area (Å²) in [5.74, 6) is -0.973. The third-order valence-corrected chi connectivity index (χ3v) is 5.63. The third-order valence-electron chi connectivity index (χ3n) is 4.02. The summed E-state index contributed by atoms with van der Waals surface area (Å²) >= 11 is 0. The highest BCUT2D eigenvalue weighted by molar-refractivity contribution is 7.91. The van der Waals surface area contributed by atoms with Crippen LogP contribution in [0, 0.1) is 5.82 Å². The van der Waals surface area contributed by atoms with E-state index in [4.69, 9.17) is 10.5 Å². The first-order valence-electron chi connectivity index (χ1n) is 7.56. The molecule has 8 heteroatoms. The predicted molar refractivity (Wildman–Crippen MR) is 88.9 cm³/mol. The van der Waals surface area contributed by atoms with Gasteiger partial charge in [0.05, 0.1) is 10.8 Å². The van der Waals surface area contributed by atoms with Gasteiger partial charge in [-0.15, -0.1) is 0 Å². The molecule has 1 fully saturated rings. The number of amides is 1. The lowest BCUT2D eigenvalue weighted by Crippen LogP contribution is -2.48. The maximum Gasteiger partial charge on any atom is 0.408 e. The van der Waals surface area contributed by atoms with Crippen LogP contribution in [0.1, 0.15) is 32.3 Å². The van der Waals surface area contributed by atoms with Crippen LogP contribution in [-0.4, -0.2) is 43.7 Å². The summed E-state index contributed by atoms with van der Waals surface area (Å²) < 4.78 is 42.7. The Morgan fingerprint density at radius 2 is 1.88 bits per heavy atom. The standard InChI is InChI=1S/C16H23FN2O4S/c1-15(2,3)23-14(20)19-16(9-18)12(13(16)24(4,21)22)10-5-7-11(17)8-6-10/h5-8,12-13H,9,18H2,1-4H3,(H,19,20)/t12-,13+,16+/m1/s1. The molecule has 134 valence electrons. The van der Waals surface area contributed by atoms with Crippen molar-refractivity contribution in [2.24, 2.45) is 5.73 Å². The average molecular weight is 358 g/mol. The van der Waals surface area contributed by atoms with Crippen molar-refractivity contribution >= 4 is 15.9 Å². The summed E-state index contributed by atoms with van der Waals surface area (Å²) in [6.07, 6.45) is 0.369. The maximum absolute atomic E-state index is 13.1. The van der Waals surface area contributed by atoms with Crippen molar-refractivity contribution in [2.75, 3.05) is 12.8 Å². The zero-order valence-electron chi connectivity index (χ0n) is 14.2. The molecule has 1 aromatic rings. The van der Waals surface area contributed by atoms with Crippen LogP contribution in [0.25, 0.3) is 0 Å². The summed E-state index contributed by atoms with van der Waals surface area (Å²) in [5.41, 5.74) is 4.54. The summed E-state index contributed by atoms with van der Waals surface area (Å²) in [6, 6.07) is 5.52. The third kappa shape index (κ3) is 3.70. The van der Waals surface area contributed by atoms with Crippen molar-refractivity contribution in [3.8, 4) is 0 Å². The molecule has 3 atom stereocenters. The first-order chi connectivity index (χ1) is 10.9. The highest BCUT2D eigenvalue weighted by Gasteiger charge is 2.70. The minimum atomic E-state index is -3.49. The molecule has 0 radical (unpaired) electrons. The number of hydrogen-bond acceptors (Lipinski definition) is 5. The van der Waals surface area contributed by atoms with Gasteiger partial charge in [-0.1, -0.05) is 12.1 Å². The number of halogens is 1. The molecule has 0 unspecified atom stereocenters. The molecule has 0 aliphatic heterocycles. The van der Waals surface area contributed by atoms with Crippen LogP contribution in [0.4, 0.5) is 9.18 Å². The Hall–Kier alpha value is -1.67. The van der Waals surface area contributed by atoms with Gasteiger partial charge in [0.15, 0.2) is 9.84 Å². The molecule has 3 N–H and O–H groups in total. The highest BCUT2D eigenvalue weighted by Crippen LogP contribution is 2.55. The van der Waals surface area contributed by atoms with Crippen LogP contribution >= 0.6 is 0 Å². The number of rotatable bonds is 4. The average Bonchev–Trinajstić information content (AvgIpc) is 3.06. The van der Waals surface area contributed by atoms with Crippen molar-refractivity contribution in [1.29, 1.82) is 0 Å². The normalized spacial score (nSPS) is 26.8. The van der Waals surface area contributed by atoms with E-state index in [2.05, 4.69) is 5.32 Å². The molecular formula is C16H23FN2O4S.